The molecule has 2 aromatic rings. The summed E-state index contributed by atoms with van der Waals surface area (Å²) in [6, 6.07) is 6.93. The monoisotopic (exact) mass is 269 g/mol. The third kappa shape index (κ3) is 2.63. The first-order valence-electron chi connectivity index (χ1n) is 7.60. The lowest BCUT2D eigenvalue weighted by Gasteiger charge is -2.08. The predicted octanol–water partition coefficient (Wildman–Crippen LogP) is 2.84. The first-order valence-corrected chi connectivity index (χ1v) is 7.60. The number of aromatic nitrogens is 2. The summed E-state index contributed by atoms with van der Waals surface area (Å²) in [5.74, 6) is 0. The second-order valence-electron chi connectivity index (χ2n) is 5.65. The van der Waals surface area contributed by atoms with E-state index < -0.39 is 0 Å². The van der Waals surface area contributed by atoms with Crippen LogP contribution in [0.4, 0.5) is 0 Å². The lowest BCUT2D eigenvalue weighted by molar-refractivity contribution is 0.658. The Bertz CT molecular complexity index is 598. The SMILES string of the molecule is CCNCc1cnn(Cc2ccc3c(c2)CCC3)c1C. The van der Waals surface area contributed by atoms with Crippen LogP contribution < -0.4 is 5.32 Å². The highest BCUT2D eigenvalue weighted by atomic mass is 15.3. The molecule has 0 fully saturated rings. The molecule has 1 N–H and O–H groups in total. The third-order valence-electron chi connectivity index (χ3n) is 4.27. The van der Waals surface area contributed by atoms with E-state index in [0.29, 0.717) is 0 Å². The van der Waals surface area contributed by atoms with Gasteiger partial charge in [-0.3, -0.25) is 4.68 Å². The van der Waals surface area contributed by atoms with Gasteiger partial charge in [0.25, 0.3) is 0 Å². The van der Waals surface area contributed by atoms with E-state index in [1.54, 1.807) is 11.1 Å². The molecule has 3 rings (SSSR count). The van der Waals surface area contributed by atoms with E-state index in [0.717, 1.165) is 19.6 Å². The van der Waals surface area contributed by atoms with E-state index in [1.807, 2.05) is 6.20 Å². The van der Waals surface area contributed by atoms with Crippen LogP contribution in [0, 0.1) is 6.92 Å². The Morgan fingerprint density at radius 3 is 2.95 bits per heavy atom. The van der Waals surface area contributed by atoms with Gasteiger partial charge in [-0.1, -0.05) is 25.1 Å². The van der Waals surface area contributed by atoms with E-state index in [4.69, 9.17) is 0 Å². The van der Waals surface area contributed by atoms with Crippen LogP contribution in [0.2, 0.25) is 0 Å². The van der Waals surface area contributed by atoms with Crippen LogP contribution in [0.15, 0.2) is 24.4 Å². The Morgan fingerprint density at radius 2 is 2.10 bits per heavy atom. The van der Waals surface area contributed by atoms with Crippen molar-refractivity contribution in [2.24, 2.45) is 0 Å². The lowest BCUT2D eigenvalue weighted by Crippen LogP contribution is -2.12. The maximum Gasteiger partial charge on any atom is 0.0662 e. The number of nitrogens with zero attached hydrogens (tertiary/aromatic N) is 2. The fourth-order valence-electron chi connectivity index (χ4n) is 2.97. The van der Waals surface area contributed by atoms with Crippen LogP contribution in [0.5, 0.6) is 0 Å². The van der Waals surface area contributed by atoms with Crippen LogP contribution in [-0.2, 0) is 25.9 Å². The molecule has 0 saturated heterocycles. The van der Waals surface area contributed by atoms with Crippen molar-refractivity contribution in [3.05, 3.63) is 52.3 Å². The fraction of sp³-hybridized carbons (Fsp3) is 0.471. The van der Waals surface area contributed by atoms with E-state index >= 15 is 0 Å². The molecule has 1 aromatic carbocycles. The number of nitrogens with one attached hydrogen (secondary N) is 1. The van der Waals surface area contributed by atoms with Gasteiger partial charge in [-0.05, 0) is 49.4 Å². The number of rotatable bonds is 5. The van der Waals surface area contributed by atoms with E-state index in [2.05, 4.69) is 47.1 Å². The maximum atomic E-state index is 4.53. The van der Waals surface area contributed by atoms with Crippen LogP contribution in [-0.4, -0.2) is 16.3 Å². The zero-order chi connectivity index (χ0) is 13.9. The van der Waals surface area contributed by atoms with E-state index in [-0.39, 0.29) is 0 Å². The van der Waals surface area contributed by atoms with E-state index in [9.17, 15) is 0 Å². The number of aryl methyl sites for hydroxylation is 2. The predicted molar refractivity (Wildman–Crippen MR) is 81.9 cm³/mol. The molecule has 0 aliphatic heterocycles. The molecule has 106 valence electrons. The van der Waals surface area contributed by atoms with Crippen molar-refractivity contribution in [1.82, 2.24) is 15.1 Å². The molecule has 0 unspecified atom stereocenters. The molecule has 3 heteroatoms. The largest absolute Gasteiger partial charge is 0.313 e. The van der Waals surface area contributed by atoms with Crippen molar-refractivity contribution in [3.63, 3.8) is 0 Å². The number of benzene rings is 1. The van der Waals surface area contributed by atoms with Crippen molar-refractivity contribution < 1.29 is 0 Å². The zero-order valence-corrected chi connectivity index (χ0v) is 12.4. The lowest BCUT2D eigenvalue weighted by atomic mass is 10.1. The Morgan fingerprint density at radius 1 is 1.25 bits per heavy atom. The molecule has 0 atom stereocenters. The highest BCUT2D eigenvalue weighted by Crippen LogP contribution is 2.23. The van der Waals surface area contributed by atoms with Gasteiger partial charge in [0.2, 0.25) is 0 Å². The normalized spacial score (nSPS) is 13.7. The van der Waals surface area contributed by atoms with Gasteiger partial charge in [-0.15, -0.1) is 0 Å². The van der Waals surface area contributed by atoms with Gasteiger partial charge in [0.15, 0.2) is 0 Å². The number of hydrogen-bond donors (Lipinski definition) is 1. The summed E-state index contributed by atoms with van der Waals surface area (Å²) in [5, 5.41) is 7.90. The third-order valence-corrected chi connectivity index (χ3v) is 4.27. The summed E-state index contributed by atoms with van der Waals surface area (Å²) >= 11 is 0. The summed E-state index contributed by atoms with van der Waals surface area (Å²) in [6.07, 6.45) is 5.80. The van der Waals surface area contributed by atoms with Gasteiger partial charge < -0.3 is 5.32 Å². The molecule has 20 heavy (non-hydrogen) atoms. The Kier molecular flexibility index (Phi) is 3.88. The molecular formula is C17H23N3. The van der Waals surface area contributed by atoms with Crippen LogP contribution in [0.1, 0.15) is 41.3 Å². The van der Waals surface area contributed by atoms with Crippen molar-refractivity contribution in [3.8, 4) is 0 Å². The summed E-state index contributed by atoms with van der Waals surface area (Å²) in [4.78, 5) is 0. The molecule has 3 nitrogen and oxygen atoms in total. The number of fused-ring (bicyclic) bond motifs is 1. The van der Waals surface area contributed by atoms with Crippen LogP contribution in [0.25, 0.3) is 0 Å². The Balaban J connectivity index is 1.76. The topological polar surface area (TPSA) is 29.9 Å². The van der Waals surface area contributed by atoms with Gasteiger partial charge >= 0.3 is 0 Å². The van der Waals surface area contributed by atoms with E-state index in [1.165, 1.54) is 36.1 Å². The van der Waals surface area contributed by atoms with Gasteiger partial charge in [0.05, 0.1) is 12.7 Å². The average Bonchev–Trinajstić information content (AvgIpc) is 3.05. The van der Waals surface area contributed by atoms with Crippen LogP contribution in [0.3, 0.4) is 0 Å². The molecule has 0 amide bonds. The minimum absolute atomic E-state index is 0.880. The van der Waals surface area contributed by atoms with Crippen LogP contribution >= 0.6 is 0 Å². The first kappa shape index (κ1) is 13.4. The van der Waals surface area contributed by atoms with Gasteiger partial charge in [0.1, 0.15) is 0 Å². The second kappa shape index (κ2) is 5.80. The molecule has 0 saturated carbocycles. The minimum Gasteiger partial charge on any atom is -0.313 e. The number of hydrogen-bond acceptors (Lipinski definition) is 2. The molecule has 1 aliphatic carbocycles. The maximum absolute atomic E-state index is 4.53. The quantitative estimate of drug-likeness (QED) is 0.904. The van der Waals surface area contributed by atoms with Crippen molar-refractivity contribution in [2.45, 2.75) is 46.2 Å². The standard InChI is InChI=1S/C17H23N3/c1-3-18-10-17-11-19-20(13(17)2)12-14-7-8-15-5-4-6-16(15)9-14/h7-9,11,18H,3-6,10,12H2,1-2H3. The summed E-state index contributed by atoms with van der Waals surface area (Å²) in [6.45, 7) is 7.07. The smallest absolute Gasteiger partial charge is 0.0662 e. The summed E-state index contributed by atoms with van der Waals surface area (Å²) in [7, 11) is 0. The van der Waals surface area contributed by atoms with Crippen molar-refractivity contribution >= 4 is 0 Å². The molecule has 1 aliphatic rings. The molecule has 1 heterocycles. The molecular weight excluding hydrogens is 246 g/mol. The minimum atomic E-state index is 0.880. The Labute approximate surface area is 121 Å². The molecule has 0 spiro atoms. The molecule has 1 aromatic heterocycles. The van der Waals surface area contributed by atoms with Crippen molar-refractivity contribution in [1.29, 1.82) is 0 Å². The molecule has 0 radical (unpaired) electrons. The summed E-state index contributed by atoms with van der Waals surface area (Å²) < 4.78 is 2.11. The second-order valence-corrected chi connectivity index (χ2v) is 5.65. The highest BCUT2D eigenvalue weighted by molar-refractivity contribution is 5.35. The van der Waals surface area contributed by atoms with Crippen molar-refractivity contribution in [2.75, 3.05) is 6.54 Å². The van der Waals surface area contributed by atoms with Gasteiger partial charge in [-0.25, -0.2) is 0 Å². The molecule has 0 bridgehead atoms. The average molecular weight is 269 g/mol. The first-order chi connectivity index (χ1) is 9.78. The fourth-order valence-corrected chi connectivity index (χ4v) is 2.97. The zero-order valence-electron chi connectivity index (χ0n) is 12.4. The Hall–Kier alpha value is -1.61. The van der Waals surface area contributed by atoms with Gasteiger partial charge in [-0.2, -0.15) is 5.10 Å². The van der Waals surface area contributed by atoms with Gasteiger partial charge in [0, 0.05) is 17.8 Å². The highest BCUT2D eigenvalue weighted by Gasteiger charge is 2.12. The summed E-state index contributed by atoms with van der Waals surface area (Å²) in [5.41, 5.74) is 7.02.